The molecule has 0 saturated heterocycles. The van der Waals surface area contributed by atoms with Gasteiger partial charge in [-0.05, 0) is 30.7 Å². The van der Waals surface area contributed by atoms with Crippen molar-refractivity contribution < 1.29 is 14.3 Å². The molecule has 30 heavy (non-hydrogen) atoms. The molecule has 0 saturated carbocycles. The van der Waals surface area contributed by atoms with Crippen LogP contribution in [0.1, 0.15) is 18.2 Å². The molecule has 10 nitrogen and oxygen atoms in total. The van der Waals surface area contributed by atoms with Crippen LogP contribution in [0.4, 0.5) is 4.39 Å². The van der Waals surface area contributed by atoms with E-state index >= 15 is 0 Å². The van der Waals surface area contributed by atoms with Gasteiger partial charge in [0.2, 0.25) is 0 Å². The van der Waals surface area contributed by atoms with Crippen molar-refractivity contribution in [2.24, 2.45) is 10.2 Å². The molecule has 154 valence electrons. The summed E-state index contributed by atoms with van der Waals surface area (Å²) in [5.74, 6) is -1.48. The maximum absolute atomic E-state index is 13.4. The number of rotatable bonds is 8. The third-order valence-corrected chi connectivity index (χ3v) is 4.24. The summed E-state index contributed by atoms with van der Waals surface area (Å²) < 4.78 is 14.9. The lowest BCUT2D eigenvalue weighted by molar-refractivity contribution is -0.138. The van der Waals surface area contributed by atoms with Crippen LogP contribution < -0.4 is 0 Å². The first kappa shape index (κ1) is 21.0. The molecule has 2 heterocycles. The van der Waals surface area contributed by atoms with Crippen molar-refractivity contribution in [1.29, 1.82) is 0 Å². The zero-order valence-corrected chi connectivity index (χ0v) is 16.5. The molecule has 2 aromatic heterocycles. The molecular weight excluding hydrogens is 415 g/mol. The molecule has 0 atom stereocenters. The number of benzene rings is 1. The van der Waals surface area contributed by atoms with E-state index in [1.807, 2.05) is 0 Å². The Balaban J connectivity index is 1.74. The average molecular weight is 431 g/mol. The van der Waals surface area contributed by atoms with Gasteiger partial charge in [0.05, 0.1) is 30.8 Å². The van der Waals surface area contributed by atoms with Crippen LogP contribution in [0.5, 0.6) is 0 Å². The highest BCUT2D eigenvalue weighted by molar-refractivity contribution is 6.31. The molecule has 3 rings (SSSR count). The Morgan fingerprint density at radius 1 is 1.33 bits per heavy atom. The molecule has 0 aliphatic heterocycles. The minimum absolute atomic E-state index is 0.245. The Labute approximate surface area is 175 Å². The van der Waals surface area contributed by atoms with Crippen LogP contribution in [0.25, 0.3) is 11.4 Å². The van der Waals surface area contributed by atoms with E-state index in [0.29, 0.717) is 33.4 Å². The average Bonchev–Trinajstić information content (AvgIpc) is 3.18. The summed E-state index contributed by atoms with van der Waals surface area (Å²) in [7, 11) is 0. The fourth-order valence-electron chi connectivity index (χ4n) is 2.44. The lowest BCUT2D eigenvalue weighted by atomic mass is 10.2. The highest BCUT2D eigenvalue weighted by Crippen LogP contribution is 2.19. The largest absolute Gasteiger partial charge is 0.480 e. The number of carbonyl (C=O) groups is 1. The van der Waals surface area contributed by atoms with Crippen LogP contribution in [0, 0.1) is 5.82 Å². The summed E-state index contributed by atoms with van der Waals surface area (Å²) in [5, 5.41) is 25.8. The minimum atomic E-state index is -1.09. The van der Waals surface area contributed by atoms with Gasteiger partial charge in [0.25, 0.3) is 0 Å². The topological polar surface area (TPSA) is 122 Å². The monoisotopic (exact) mass is 430 g/mol. The van der Waals surface area contributed by atoms with Gasteiger partial charge >= 0.3 is 5.97 Å². The summed E-state index contributed by atoms with van der Waals surface area (Å²) in [4.78, 5) is 19.3. The predicted octanol–water partition coefficient (Wildman–Crippen LogP) is 2.30. The number of hydrogen-bond acceptors (Lipinski definition) is 8. The number of aromatic nitrogens is 5. The third-order valence-electron chi connectivity index (χ3n) is 3.87. The van der Waals surface area contributed by atoms with E-state index in [1.165, 1.54) is 35.3 Å². The van der Waals surface area contributed by atoms with Gasteiger partial charge in [-0.25, -0.2) is 9.07 Å². The van der Waals surface area contributed by atoms with E-state index in [9.17, 15) is 9.18 Å². The second-order valence-electron chi connectivity index (χ2n) is 6.07. The fourth-order valence-corrected chi connectivity index (χ4v) is 2.62. The zero-order valence-electron chi connectivity index (χ0n) is 15.8. The normalized spacial score (nSPS) is 11.4. The first-order valence-corrected chi connectivity index (χ1v) is 8.91. The Bertz CT molecular complexity index is 1100. The van der Waals surface area contributed by atoms with Crippen molar-refractivity contribution in [2.75, 3.05) is 6.54 Å². The predicted molar refractivity (Wildman–Crippen MR) is 108 cm³/mol. The van der Waals surface area contributed by atoms with E-state index in [2.05, 4.69) is 37.2 Å². The van der Waals surface area contributed by atoms with Crippen molar-refractivity contribution >= 4 is 30.0 Å². The van der Waals surface area contributed by atoms with Crippen LogP contribution in [0.15, 0.2) is 47.0 Å². The number of hydrazone groups is 2. The zero-order chi connectivity index (χ0) is 21.7. The van der Waals surface area contributed by atoms with Crippen molar-refractivity contribution in [3.63, 3.8) is 0 Å². The standard InChI is InChI=1S/C18H16ClFN8O2/c1-11(25-28(21-2)10-18(29)30)15-6-23-16(7-22-15)17-9-27(26-24-17)8-12-5-13(20)3-4-14(12)19/h3-7,9H,2,8,10H2,1H3,(H,29,30)/b25-11+. The highest BCUT2D eigenvalue weighted by Gasteiger charge is 2.11. The highest BCUT2D eigenvalue weighted by atomic mass is 35.5. The Morgan fingerprint density at radius 2 is 2.13 bits per heavy atom. The van der Waals surface area contributed by atoms with Crippen LogP contribution in [-0.4, -0.2) is 60.1 Å². The van der Waals surface area contributed by atoms with Gasteiger partial charge in [-0.3, -0.25) is 14.8 Å². The van der Waals surface area contributed by atoms with Crippen LogP contribution in [0.3, 0.4) is 0 Å². The molecule has 0 fully saturated rings. The van der Waals surface area contributed by atoms with Gasteiger partial charge in [-0.1, -0.05) is 16.8 Å². The molecule has 0 amide bonds. The molecule has 0 unspecified atom stereocenters. The summed E-state index contributed by atoms with van der Waals surface area (Å²) in [6, 6.07) is 4.11. The second kappa shape index (κ2) is 9.18. The molecule has 0 spiro atoms. The first-order valence-electron chi connectivity index (χ1n) is 8.53. The molecule has 0 bridgehead atoms. The molecule has 0 aliphatic rings. The molecule has 0 aliphatic carbocycles. The summed E-state index contributed by atoms with van der Waals surface area (Å²) in [6.45, 7) is 4.74. The van der Waals surface area contributed by atoms with Gasteiger partial charge in [0.1, 0.15) is 22.9 Å². The van der Waals surface area contributed by atoms with Gasteiger partial charge in [0.15, 0.2) is 6.54 Å². The Morgan fingerprint density at radius 3 is 2.80 bits per heavy atom. The molecular formula is C18H16ClFN8O2. The SMILES string of the molecule is C=NN(CC(=O)O)/N=C(\C)c1cnc(-c2cn(Cc3cc(F)ccc3Cl)nn2)cn1. The molecule has 0 radical (unpaired) electrons. The summed E-state index contributed by atoms with van der Waals surface area (Å²) >= 11 is 6.08. The number of nitrogens with zero attached hydrogens (tertiary/aromatic N) is 8. The summed E-state index contributed by atoms with van der Waals surface area (Å²) in [5.41, 5.74) is 2.34. The molecule has 1 N–H and O–H groups in total. The van der Waals surface area contributed by atoms with E-state index in [-0.39, 0.29) is 12.4 Å². The Hall–Kier alpha value is -3.73. The quantitative estimate of drug-likeness (QED) is 0.429. The second-order valence-corrected chi connectivity index (χ2v) is 6.48. The van der Waals surface area contributed by atoms with E-state index in [0.717, 1.165) is 5.12 Å². The number of carboxylic acids is 1. The maximum Gasteiger partial charge on any atom is 0.327 e. The summed E-state index contributed by atoms with van der Waals surface area (Å²) in [6.07, 6.45) is 4.60. The number of aliphatic carboxylic acids is 1. The van der Waals surface area contributed by atoms with Crippen LogP contribution >= 0.6 is 11.6 Å². The van der Waals surface area contributed by atoms with Gasteiger partial charge < -0.3 is 5.11 Å². The number of carboxylic acid groups (broad SMARTS) is 1. The fraction of sp³-hybridized carbons (Fsp3) is 0.167. The molecule has 12 heteroatoms. The smallest absolute Gasteiger partial charge is 0.327 e. The lowest BCUT2D eigenvalue weighted by Crippen LogP contribution is -2.21. The number of halogens is 2. The van der Waals surface area contributed by atoms with Crippen molar-refractivity contribution in [2.45, 2.75) is 13.5 Å². The van der Waals surface area contributed by atoms with Crippen LogP contribution in [-0.2, 0) is 11.3 Å². The first-order chi connectivity index (χ1) is 14.4. The van der Waals surface area contributed by atoms with E-state index in [4.69, 9.17) is 16.7 Å². The maximum atomic E-state index is 13.4. The van der Waals surface area contributed by atoms with Crippen molar-refractivity contribution in [1.82, 2.24) is 30.1 Å². The number of hydrogen-bond donors (Lipinski definition) is 1. The third kappa shape index (κ3) is 5.20. The van der Waals surface area contributed by atoms with E-state index in [1.54, 1.807) is 13.1 Å². The van der Waals surface area contributed by atoms with E-state index < -0.39 is 12.5 Å². The van der Waals surface area contributed by atoms with Crippen LogP contribution in [0.2, 0.25) is 5.02 Å². The van der Waals surface area contributed by atoms with Gasteiger partial charge in [0, 0.05) is 11.7 Å². The van der Waals surface area contributed by atoms with Crippen molar-refractivity contribution in [3.05, 3.63) is 58.9 Å². The lowest BCUT2D eigenvalue weighted by Gasteiger charge is -2.10. The Kier molecular flexibility index (Phi) is 6.42. The molecule has 3 aromatic rings. The minimum Gasteiger partial charge on any atom is -0.480 e. The van der Waals surface area contributed by atoms with Gasteiger partial charge in [-0.15, -0.1) is 5.10 Å². The van der Waals surface area contributed by atoms with Crippen molar-refractivity contribution in [3.8, 4) is 11.4 Å². The van der Waals surface area contributed by atoms with Gasteiger partial charge in [-0.2, -0.15) is 15.3 Å². The molecule has 1 aromatic carbocycles.